The Hall–Kier alpha value is -0.820. The lowest BCUT2D eigenvalue weighted by molar-refractivity contribution is -0.174. The van der Waals surface area contributed by atoms with Crippen molar-refractivity contribution in [3.05, 3.63) is 0 Å². The maximum Gasteiger partial charge on any atom is 0.411 e. The summed E-state index contributed by atoms with van der Waals surface area (Å²) in [7, 11) is 0. The molecule has 0 aromatic rings. The summed E-state index contributed by atoms with van der Waals surface area (Å²) in [6, 6.07) is 0. The average molecular weight is 254 g/mol. The van der Waals surface area contributed by atoms with Crippen LogP contribution < -0.4 is 5.32 Å². The minimum Gasteiger partial charge on any atom is -0.372 e. The van der Waals surface area contributed by atoms with E-state index in [4.69, 9.17) is 0 Å². The second-order valence-electron chi connectivity index (χ2n) is 3.93. The van der Waals surface area contributed by atoms with Gasteiger partial charge in [0.15, 0.2) is 0 Å². The molecule has 0 aliphatic carbocycles. The molecule has 1 saturated heterocycles. The van der Waals surface area contributed by atoms with Crippen molar-refractivity contribution >= 4 is 5.91 Å². The van der Waals surface area contributed by atoms with Crippen LogP contribution in [0.1, 0.15) is 12.8 Å². The third-order valence-electron chi connectivity index (χ3n) is 2.39. The third kappa shape index (κ3) is 6.48. The topological polar surface area (TPSA) is 41.6 Å². The average Bonchev–Trinajstić information content (AvgIpc) is 2.42. The number of halogens is 3. The van der Waals surface area contributed by atoms with Gasteiger partial charge in [-0.2, -0.15) is 13.2 Å². The van der Waals surface area contributed by atoms with Gasteiger partial charge in [-0.15, -0.1) is 0 Å². The highest BCUT2D eigenvalue weighted by molar-refractivity contribution is 5.78. The Morgan fingerprint density at radius 3 is 2.88 bits per heavy atom. The molecular weight excluding hydrogens is 237 g/mol. The zero-order valence-electron chi connectivity index (χ0n) is 9.55. The van der Waals surface area contributed by atoms with Crippen molar-refractivity contribution in [2.45, 2.75) is 19.0 Å². The van der Waals surface area contributed by atoms with Gasteiger partial charge in [0.05, 0.1) is 6.54 Å². The van der Waals surface area contributed by atoms with Crippen LogP contribution in [0.4, 0.5) is 13.2 Å². The molecule has 17 heavy (non-hydrogen) atoms. The van der Waals surface area contributed by atoms with Gasteiger partial charge in [0.25, 0.3) is 0 Å². The van der Waals surface area contributed by atoms with Crippen LogP contribution in [0, 0.1) is 0 Å². The van der Waals surface area contributed by atoms with E-state index in [9.17, 15) is 18.0 Å². The van der Waals surface area contributed by atoms with Gasteiger partial charge < -0.3 is 15.0 Å². The molecule has 0 unspecified atom stereocenters. The van der Waals surface area contributed by atoms with E-state index < -0.39 is 12.8 Å². The van der Waals surface area contributed by atoms with Crippen LogP contribution >= 0.6 is 0 Å². The first-order chi connectivity index (χ1) is 7.99. The van der Waals surface area contributed by atoms with Crippen LogP contribution in [0.2, 0.25) is 0 Å². The van der Waals surface area contributed by atoms with Crippen LogP contribution in [0.25, 0.3) is 0 Å². The summed E-state index contributed by atoms with van der Waals surface area (Å²) in [6.07, 6.45) is -2.97. The highest BCUT2D eigenvalue weighted by Gasteiger charge is 2.27. The number of rotatable bonds is 5. The van der Waals surface area contributed by atoms with E-state index in [-0.39, 0.29) is 12.5 Å². The van der Waals surface area contributed by atoms with E-state index in [1.165, 1.54) is 0 Å². The van der Waals surface area contributed by atoms with Gasteiger partial charge in [-0.05, 0) is 19.4 Å². The zero-order valence-corrected chi connectivity index (χ0v) is 9.55. The van der Waals surface area contributed by atoms with E-state index in [2.05, 4.69) is 10.1 Å². The first-order valence-corrected chi connectivity index (χ1v) is 5.62. The quantitative estimate of drug-likeness (QED) is 0.737. The Morgan fingerprint density at radius 1 is 1.41 bits per heavy atom. The van der Waals surface area contributed by atoms with Gasteiger partial charge in [-0.3, -0.25) is 4.79 Å². The predicted octanol–water partition coefficient (Wildman–Crippen LogP) is 0.777. The molecule has 1 rings (SSSR count). The van der Waals surface area contributed by atoms with Gasteiger partial charge in [-0.1, -0.05) is 0 Å². The Labute approximate surface area is 98.1 Å². The number of hydrogen-bond acceptors (Lipinski definition) is 3. The van der Waals surface area contributed by atoms with Gasteiger partial charge in [0.1, 0.15) is 6.61 Å². The fraction of sp³-hybridized carbons (Fsp3) is 0.900. The second kappa shape index (κ2) is 6.80. The second-order valence-corrected chi connectivity index (χ2v) is 3.93. The maximum absolute atomic E-state index is 11.8. The molecule has 0 saturated carbocycles. The van der Waals surface area contributed by atoms with Gasteiger partial charge in [-0.25, -0.2) is 0 Å². The SMILES string of the molecule is O=C1CNCCCN1CCCOCC(F)(F)F. The Balaban J connectivity index is 2.10. The minimum absolute atomic E-state index is 0.00155. The van der Waals surface area contributed by atoms with E-state index in [1.54, 1.807) is 4.90 Å². The van der Waals surface area contributed by atoms with Crippen LogP contribution in [-0.2, 0) is 9.53 Å². The molecule has 1 aliphatic rings. The molecule has 1 fully saturated rings. The summed E-state index contributed by atoms with van der Waals surface area (Å²) in [6.45, 7) is 1.03. The molecule has 1 amide bonds. The van der Waals surface area contributed by atoms with Gasteiger partial charge >= 0.3 is 6.18 Å². The first kappa shape index (κ1) is 14.2. The molecule has 7 heteroatoms. The number of hydrogen-bond donors (Lipinski definition) is 1. The number of carbonyl (C=O) groups excluding carboxylic acids is 1. The molecular formula is C10H17F3N2O2. The summed E-state index contributed by atoms with van der Waals surface area (Å²) in [5.41, 5.74) is 0. The third-order valence-corrected chi connectivity index (χ3v) is 2.39. The zero-order chi connectivity index (χ0) is 12.7. The van der Waals surface area contributed by atoms with Crippen molar-refractivity contribution in [3.8, 4) is 0 Å². The van der Waals surface area contributed by atoms with E-state index in [0.29, 0.717) is 26.1 Å². The van der Waals surface area contributed by atoms with Crippen molar-refractivity contribution in [2.24, 2.45) is 0 Å². The number of nitrogens with one attached hydrogen (secondary N) is 1. The van der Waals surface area contributed by atoms with Crippen LogP contribution in [0.15, 0.2) is 0 Å². The van der Waals surface area contributed by atoms with Crippen LogP contribution in [0.5, 0.6) is 0 Å². The largest absolute Gasteiger partial charge is 0.411 e. The van der Waals surface area contributed by atoms with Crippen LogP contribution in [0.3, 0.4) is 0 Å². The maximum atomic E-state index is 11.8. The predicted molar refractivity (Wildman–Crippen MR) is 55.6 cm³/mol. The highest BCUT2D eigenvalue weighted by Crippen LogP contribution is 2.14. The molecule has 1 heterocycles. The first-order valence-electron chi connectivity index (χ1n) is 5.62. The van der Waals surface area contributed by atoms with E-state index >= 15 is 0 Å². The normalized spacial score (nSPS) is 18.3. The molecule has 100 valence electrons. The molecule has 0 aromatic carbocycles. The van der Waals surface area contributed by atoms with E-state index in [0.717, 1.165) is 13.0 Å². The Kier molecular flexibility index (Phi) is 5.70. The Bertz CT molecular complexity index is 246. The standard InChI is InChI=1S/C10H17F3N2O2/c11-10(12,13)8-17-6-2-5-15-4-1-3-14-7-9(15)16/h14H,1-8H2. The van der Waals surface area contributed by atoms with Crippen molar-refractivity contribution in [1.82, 2.24) is 10.2 Å². The van der Waals surface area contributed by atoms with Crippen LogP contribution in [-0.4, -0.2) is 56.4 Å². The smallest absolute Gasteiger partial charge is 0.372 e. The number of alkyl halides is 3. The van der Waals surface area contributed by atoms with Crippen molar-refractivity contribution < 1.29 is 22.7 Å². The highest BCUT2D eigenvalue weighted by atomic mass is 19.4. The van der Waals surface area contributed by atoms with Crippen molar-refractivity contribution in [1.29, 1.82) is 0 Å². The fourth-order valence-corrected chi connectivity index (χ4v) is 1.61. The summed E-state index contributed by atoms with van der Waals surface area (Å²) < 4.78 is 39.7. The lowest BCUT2D eigenvalue weighted by atomic mass is 10.3. The molecule has 0 bridgehead atoms. The lowest BCUT2D eigenvalue weighted by Crippen LogP contribution is -2.36. The van der Waals surface area contributed by atoms with E-state index in [1.807, 2.05) is 0 Å². The lowest BCUT2D eigenvalue weighted by Gasteiger charge is -2.19. The monoisotopic (exact) mass is 254 g/mol. The number of nitrogens with zero attached hydrogens (tertiary/aromatic N) is 1. The number of carbonyl (C=O) groups is 1. The molecule has 0 spiro atoms. The molecule has 0 aromatic heterocycles. The summed E-state index contributed by atoms with van der Waals surface area (Å²) >= 11 is 0. The molecule has 4 nitrogen and oxygen atoms in total. The van der Waals surface area contributed by atoms with Crippen molar-refractivity contribution in [3.63, 3.8) is 0 Å². The molecule has 1 aliphatic heterocycles. The molecule has 0 radical (unpaired) electrons. The summed E-state index contributed by atoms with van der Waals surface area (Å²) in [5.74, 6) is -0.00155. The number of ether oxygens (including phenoxy) is 1. The minimum atomic E-state index is -4.28. The fourth-order valence-electron chi connectivity index (χ4n) is 1.61. The summed E-state index contributed by atoms with van der Waals surface area (Å²) in [5, 5.41) is 2.98. The number of amides is 1. The summed E-state index contributed by atoms with van der Waals surface area (Å²) in [4.78, 5) is 13.1. The van der Waals surface area contributed by atoms with Gasteiger partial charge in [0.2, 0.25) is 5.91 Å². The Morgan fingerprint density at radius 2 is 2.18 bits per heavy atom. The van der Waals surface area contributed by atoms with Gasteiger partial charge in [0, 0.05) is 19.7 Å². The van der Waals surface area contributed by atoms with Crippen molar-refractivity contribution in [2.75, 3.05) is 39.4 Å². The molecule has 1 N–H and O–H groups in total. The molecule has 0 atom stereocenters.